The third kappa shape index (κ3) is 8.64. The summed E-state index contributed by atoms with van der Waals surface area (Å²) in [5, 5.41) is 17.6. The van der Waals surface area contributed by atoms with Gasteiger partial charge in [0.25, 0.3) is 0 Å². The van der Waals surface area contributed by atoms with E-state index < -0.39 is 18.0 Å². The SMILES string of the molecule is CCNC(=NCc1nc(C(F)(F)F)cs1)NCC(O)c1ccc(OC(C)C)cc1.I. The van der Waals surface area contributed by atoms with Crippen molar-refractivity contribution in [1.82, 2.24) is 15.6 Å². The number of nitrogens with one attached hydrogen (secondary N) is 2. The molecule has 0 aliphatic rings. The number of aliphatic hydroxyl groups is 1. The summed E-state index contributed by atoms with van der Waals surface area (Å²) >= 11 is 0.908. The summed E-state index contributed by atoms with van der Waals surface area (Å²) in [4.78, 5) is 7.79. The Morgan fingerprint density at radius 1 is 1.23 bits per heavy atom. The van der Waals surface area contributed by atoms with Crippen LogP contribution in [-0.4, -0.2) is 35.2 Å². The van der Waals surface area contributed by atoms with Crippen LogP contribution in [0.15, 0.2) is 34.6 Å². The largest absolute Gasteiger partial charge is 0.491 e. The number of nitrogens with zero attached hydrogens (tertiary/aromatic N) is 2. The monoisotopic (exact) mass is 558 g/mol. The molecule has 3 N–H and O–H groups in total. The van der Waals surface area contributed by atoms with E-state index in [-0.39, 0.29) is 48.2 Å². The number of thiazole rings is 1. The summed E-state index contributed by atoms with van der Waals surface area (Å²) in [7, 11) is 0. The van der Waals surface area contributed by atoms with Crippen molar-refractivity contribution in [2.75, 3.05) is 13.1 Å². The van der Waals surface area contributed by atoms with Crippen molar-refractivity contribution in [3.05, 3.63) is 45.9 Å². The zero-order valence-corrected chi connectivity index (χ0v) is 20.0. The molecular weight excluding hydrogens is 532 g/mol. The molecule has 6 nitrogen and oxygen atoms in total. The van der Waals surface area contributed by atoms with E-state index in [1.807, 2.05) is 20.8 Å². The van der Waals surface area contributed by atoms with Crippen molar-refractivity contribution in [3.8, 4) is 5.75 Å². The Balaban J connectivity index is 0.00000450. The Hall–Kier alpha value is -1.60. The summed E-state index contributed by atoms with van der Waals surface area (Å²) < 4.78 is 43.5. The fourth-order valence-corrected chi connectivity index (χ4v) is 3.08. The third-order valence-corrected chi connectivity index (χ3v) is 4.49. The first-order valence-corrected chi connectivity index (χ1v) is 10.1. The number of hydrogen-bond acceptors (Lipinski definition) is 5. The van der Waals surface area contributed by atoms with Crippen molar-refractivity contribution in [2.45, 2.75) is 45.7 Å². The number of ether oxygens (including phenoxy) is 1. The second-order valence-corrected chi connectivity index (χ2v) is 7.39. The maximum absolute atomic E-state index is 12.6. The molecule has 0 aliphatic heterocycles. The van der Waals surface area contributed by atoms with Crippen molar-refractivity contribution in [2.24, 2.45) is 4.99 Å². The molecule has 0 saturated heterocycles. The van der Waals surface area contributed by atoms with Crippen molar-refractivity contribution >= 4 is 41.3 Å². The van der Waals surface area contributed by atoms with Crippen LogP contribution in [0, 0.1) is 0 Å². The van der Waals surface area contributed by atoms with Crippen LogP contribution < -0.4 is 15.4 Å². The van der Waals surface area contributed by atoms with E-state index in [0.29, 0.717) is 18.1 Å². The van der Waals surface area contributed by atoms with E-state index in [2.05, 4.69) is 20.6 Å². The van der Waals surface area contributed by atoms with E-state index in [1.165, 1.54) is 0 Å². The summed E-state index contributed by atoms with van der Waals surface area (Å²) in [5.74, 6) is 1.11. The highest BCUT2D eigenvalue weighted by Crippen LogP contribution is 2.30. The van der Waals surface area contributed by atoms with E-state index in [1.54, 1.807) is 24.3 Å². The number of aliphatic imine (C=N–C) groups is 1. The van der Waals surface area contributed by atoms with Gasteiger partial charge < -0.3 is 20.5 Å². The Morgan fingerprint density at radius 2 is 1.90 bits per heavy atom. The van der Waals surface area contributed by atoms with Crippen LogP contribution in [0.3, 0.4) is 0 Å². The van der Waals surface area contributed by atoms with Crippen molar-refractivity contribution in [1.29, 1.82) is 0 Å². The molecule has 1 aromatic heterocycles. The van der Waals surface area contributed by atoms with Gasteiger partial charge in [-0.1, -0.05) is 12.1 Å². The Morgan fingerprint density at radius 3 is 2.43 bits per heavy atom. The number of rotatable bonds is 8. The lowest BCUT2D eigenvalue weighted by molar-refractivity contribution is -0.140. The highest BCUT2D eigenvalue weighted by molar-refractivity contribution is 14.0. The lowest BCUT2D eigenvalue weighted by Crippen LogP contribution is -2.39. The second kappa shape index (κ2) is 12.3. The second-order valence-electron chi connectivity index (χ2n) is 6.45. The van der Waals surface area contributed by atoms with Crippen LogP contribution in [0.25, 0.3) is 0 Å². The van der Waals surface area contributed by atoms with E-state index in [4.69, 9.17) is 4.74 Å². The molecule has 0 bridgehead atoms. The molecule has 0 spiro atoms. The van der Waals surface area contributed by atoms with Crippen LogP contribution >= 0.6 is 35.3 Å². The molecule has 1 heterocycles. The normalized spacial score (nSPS) is 13.0. The zero-order chi connectivity index (χ0) is 21.4. The molecule has 0 amide bonds. The molecular formula is C19H26F3IN4O2S. The number of alkyl halides is 3. The van der Waals surface area contributed by atoms with Gasteiger partial charge in [-0.2, -0.15) is 13.2 Å². The summed E-state index contributed by atoms with van der Waals surface area (Å²) in [6.45, 7) is 6.49. The lowest BCUT2D eigenvalue weighted by Gasteiger charge is -2.16. The van der Waals surface area contributed by atoms with E-state index >= 15 is 0 Å². The average Bonchev–Trinajstić information content (AvgIpc) is 3.13. The van der Waals surface area contributed by atoms with Gasteiger partial charge in [-0.15, -0.1) is 35.3 Å². The zero-order valence-electron chi connectivity index (χ0n) is 16.9. The first-order chi connectivity index (χ1) is 13.7. The number of guanidine groups is 1. The van der Waals surface area contributed by atoms with Gasteiger partial charge in [-0.05, 0) is 38.5 Å². The molecule has 0 saturated carbocycles. The predicted octanol–water partition coefficient (Wildman–Crippen LogP) is 4.36. The number of aromatic nitrogens is 1. The fraction of sp³-hybridized carbons (Fsp3) is 0.474. The minimum atomic E-state index is -4.46. The van der Waals surface area contributed by atoms with Crippen LogP contribution in [-0.2, 0) is 12.7 Å². The Labute approximate surface area is 195 Å². The topological polar surface area (TPSA) is 78.8 Å². The molecule has 2 rings (SSSR count). The first-order valence-electron chi connectivity index (χ1n) is 9.17. The highest BCUT2D eigenvalue weighted by atomic mass is 127. The molecule has 11 heteroatoms. The van der Waals surface area contributed by atoms with Gasteiger partial charge in [-0.3, -0.25) is 0 Å². The molecule has 1 aromatic carbocycles. The molecule has 168 valence electrons. The van der Waals surface area contributed by atoms with Gasteiger partial charge >= 0.3 is 6.18 Å². The van der Waals surface area contributed by atoms with Gasteiger partial charge in [0.05, 0.1) is 18.8 Å². The van der Waals surface area contributed by atoms with Crippen molar-refractivity contribution < 1.29 is 23.0 Å². The standard InChI is InChI=1S/C19H25F3N4O2S.HI/c1-4-23-18(25-10-17-26-16(11-29-17)19(20,21)22)24-9-15(27)13-5-7-14(8-6-13)28-12(2)3;/h5-8,11-12,15,27H,4,9-10H2,1-3H3,(H2,23,24,25);1H. The van der Waals surface area contributed by atoms with Gasteiger partial charge in [0.2, 0.25) is 0 Å². The van der Waals surface area contributed by atoms with Crippen LogP contribution in [0.5, 0.6) is 5.75 Å². The maximum atomic E-state index is 12.6. The first kappa shape index (κ1) is 26.4. The molecule has 1 unspecified atom stereocenters. The molecule has 1 atom stereocenters. The quantitative estimate of drug-likeness (QED) is 0.255. The minimum absolute atomic E-state index is 0. The molecule has 30 heavy (non-hydrogen) atoms. The van der Waals surface area contributed by atoms with Gasteiger partial charge in [0, 0.05) is 18.5 Å². The predicted molar refractivity (Wildman–Crippen MR) is 123 cm³/mol. The smallest absolute Gasteiger partial charge is 0.434 e. The van der Waals surface area contributed by atoms with Crippen LogP contribution in [0.4, 0.5) is 13.2 Å². The molecule has 0 aliphatic carbocycles. The number of benzene rings is 1. The van der Waals surface area contributed by atoms with Gasteiger partial charge in [-0.25, -0.2) is 9.98 Å². The minimum Gasteiger partial charge on any atom is -0.491 e. The lowest BCUT2D eigenvalue weighted by atomic mass is 10.1. The van der Waals surface area contributed by atoms with Crippen LogP contribution in [0.1, 0.15) is 43.1 Å². The number of halogens is 4. The number of aliphatic hydroxyl groups excluding tert-OH is 1. The molecule has 2 aromatic rings. The van der Waals surface area contributed by atoms with Gasteiger partial charge in [0.15, 0.2) is 11.7 Å². The fourth-order valence-electron chi connectivity index (χ4n) is 2.35. The molecule has 0 radical (unpaired) electrons. The molecule has 0 fully saturated rings. The van der Waals surface area contributed by atoms with E-state index in [0.717, 1.165) is 22.5 Å². The Bertz CT molecular complexity index is 798. The maximum Gasteiger partial charge on any atom is 0.434 e. The van der Waals surface area contributed by atoms with Crippen molar-refractivity contribution in [3.63, 3.8) is 0 Å². The highest BCUT2D eigenvalue weighted by Gasteiger charge is 2.33. The van der Waals surface area contributed by atoms with E-state index in [9.17, 15) is 18.3 Å². The number of hydrogen-bond donors (Lipinski definition) is 3. The summed E-state index contributed by atoms with van der Waals surface area (Å²) in [6.07, 6.45) is -5.18. The van der Waals surface area contributed by atoms with Gasteiger partial charge in [0.1, 0.15) is 10.8 Å². The van der Waals surface area contributed by atoms with Crippen LogP contribution in [0.2, 0.25) is 0 Å². The summed E-state index contributed by atoms with van der Waals surface area (Å²) in [6, 6.07) is 7.14. The average molecular weight is 558 g/mol. The third-order valence-electron chi connectivity index (χ3n) is 3.66. The Kier molecular flexibility index (Phi) is 10.8. The summed E-state index contributed by atoms with van der Waals surface area (Å²) in [5.41, 5.74) is -0.204.